The van der Waals surface area contributed by atoms with Gasteiger partial charge in [-0.1, -0.05) is 24.3 Å². The highest BCUT2D eigenvalue weighted by Crippen LogP contribution is 2.50. The van der Waals surface area contributed by atoms with E-state index < -0.39 is 12.1 Å². The molecule has 0 aromatic heterocycles. The fourth-order valence-electron chi connectivity index (χ4n) is 4.14. The number of ether oxygens (including phenoxy) is 2. The largest absolute Gasteiger partial charge is 0.491 e. The average Bonchev–Trinajstić information content (AvgIpc) is 3.27. The summed E-state index contributed by atoms with van der Waals surface area (Å²) in [6.07, 6.45) is 13.4. The summed E-state index contributed by atoms with van der Waals surface area (Å²) >= 11 is 2.24. The summed E-state index contributed by atoms with van der Waals surface area (Å²) in [5.41, 5.74) is -0.292. The van der Waals surface area contributed by atoms with E-state index in [4.69, 9.17) is 14.6 Å². The van der Waals surface area contributed by atoms with Gasteiger partial charge < -0.3 is 19.7 Å². The average molecular weight is 512 g/mol. The summed E-state index contributed by atoms with van der Waals surface area (Å²) in [5.74, 6) is 0.408. The zero-order valence-corrected chi connectivity index (χ0v) is 18.7. The lowest BCUT2D eigenvalue weighted by Crippen LogP contribution is -2.32. The highest BCUT2D eigenvalue weighted by Gasteiger charge is 2.51. The molecule has 0 amide bonds. The molecule has 29 heavy (non-hydrogen) atoms. The van der Waals surface area contributed by atoms with Crippen LogP contribution in [0.3, 0.4) is 0 Å². The number of benzene rings is 1. The number of carbonyl (C=O) groups is 1. The fraction of sp³-hybridized carbons (Fsp3) is 0.522. The first kappa shape index (κ1) is 22.3. The van der Waals surface area contributed by atoms with E-state index in [9.17, 15) is 9.90 Å². The molecule has 0 saturated carbocycles. The van der Waals surface area contributed by atoms with Crippen LogP contribution in [0, 0.1) is 9.49 Å². The Morgan fingerprint density at radius 2 is 2.14 bits per heavy atom. The van der Waals surface area contributed by atoms with E-state index in [1.54, 1.807) is 0 Å². The number of hydrogen-bond donors (Lipinski definition) is 2. The maximum absolute atomic E-state index is 10.6. The zero-order chi connectivity index (χ0) is 20.7. The highest BCUT2D eigenvalue weighted by atomic mass is 127. The Bertz CT molecular complexity index is 729. The smallest absolute Gasteiger partial charge is 0.303 e. The number of halogens is 1. The van der Waals surface area contributed by atoms with Crippen molar-refractivity contribution in [1.29, 1.82) is 0 Å². The van der Waals surface area contributed by atoms with Crippen LogP contribution in [-0.2, 0) is 9.53 Å². The van der Waals surface area contributed by atoms with Crippen molar-refractivity contribution in [2.75, 3.05) is 6.61 Å². The first-order chi connectivity index (χ1) is 14.0. The quantitative estimate of drug-likeness (QED) is 0.255. The van der Waals surface area contributed by atoms with Gasteiger partial charge in [0.15, 0.2) is 0 Å². The normalized spacial score (nSPS) is 27.1. The Balaban J connectivity index is 1.48. The predicted octanol–water partition coefficient (Wildman–Crippen LogP) is 4.73. The van der Waals surface area contributed by atoms with Gasteiger partial charge in [-0.25, -0.2) is 0 Å². The van der Waals surface area contributed by atoms with E-state index in [-0.39, 0.29) is 18.6 Å². The van der Waals surface area contributed by atoms with Gasteiger partial charge in [0.2, 0.25) is 0 Å². The van der Waals surface area contributed by atoms with Crippen LogP contribution in [0.4, 0.5) is 0 Å². The number of aliphatic hydroxyl groups excluding tert-OH is 1. The number of aliphatic hydroxyl groups is 1. The third kappa shape index (κ3) is 6.55. The van der Waals surface area contributed by atoms with Gasteiger partial charge in [0.25, 0.3) is 0 Å². The predicted molar refractivity (Wildman–Crippen MR) is 120 cm³/mol. The molecule has 2 fully saturated rings. The molecule has 2 bridgehead atoms. The second kappa shape index (κ2) is 10.6. The maximum Gasteiger partial charge on any atom is 0.303 e. The summed E-state index contributed by atoms with van der Waals surface area (Å²) in [6, 6.07) is 7.75. The molecule has 5 nitrogen and oxygen atoms in total. The first-order valence-corrected chi connectivity index (χ1v) is 11.3. The van der Waals surface area contributed by atoms with Crippen LogP contribution in [0.25, 0.3) is 0 Å². The number of fused-ring (bicyclic) bond motifs is 2. The van der Waals surface area contributed by atoms with Crippen LogP contribution in [0.1, 0.15) is 44.9 Å². The topological polar surface area (TPSA) is 76.0 Å². The molecule has 0 unspecified atom stereocenters. The zero-order valence-electron chi connectivity index (χ0n) is 16.5. The minimum atomic E-state index is -0.742. The van der Waals surface area contributed by atoms with E-state index in [2.05, 4.69) is 34.7 Å². The Kier molecular flexibility index (Phi) is 8.15. The Morgan fingerprint density at radius 1 is 1.34 bits per heavy atom. The molecule has 2 aliphatic heterocycles. The van der Waals surface area contributed by atoms with Crippen LogP contribution in [0.15, 0.2) is 48.6 Å². The molecule has 2 aliphatic rings. The number of carboxylic acid groups (broad SMARTS) is 1. The first-order valence-electron chi connectivity index (χ1n) is 10.3. The standard InChI is InChI=1S/C23H29IO5/c24-18-7-9-20(10-8-18)28-16-19(25)11-13-23-14-12-21(29-23)15-17(23)5-3-1-2-4-6-22(26)27/h1,3,7-11,13,17,19,21,25H,2,4-6,12,14-16H2,(H,26,27)/b3-1-,13-11+/t17-,19+,21+,23+/m1/s1. The molecule has 6 heteroatoms. The summed E-state index contributed by atoms with van der Waals surface area (Å²) in [4.78, 5) is 10.6. The van der Waals surface area contributed by atoms with Gasteiger partial charge in [0.1, 0.15) is 18.5 Å². The van der Waals surface area contributed by atoms with Crippen LogP contribution < -0.4 is 4.74 Å². The van der Waals surface area contributed by atoms with Crippen LogP contribution in [0.5, 0.6) is 5.75 Å². The SMILES string of the molecule is O=C(O)CCC/C=C\C[C@@H]1C[C@@H]2CC[C@]1(/C=C/[C@H](O)COc1ccc(I)cc1)O2. The van der Waals surface area contributed by atoms with E-state index in [0.29, 0.717) is 18.4 Å². The molecule has 4 atom stereocenters. The molecule has 2 heterocycles. The van der Waals surface area contributed by atoms with E-state index in [1.165, 1.54) is 0 Å². The molecule has 0 aliphatic carbocycles. The van der Waals surface area contributed by atoms with Crippen molar-refractivity contribution in [3.8, 4) is 5.75 Å². The van der Waals surface area contributed by atoms with Crippen molar-refractivity contribution >= 4 is 28.6 Å². The number of allylic oxidation sites excluding steroid dienone is 2. The molecule has 2 saturated heterocycles. The van der Waals surface area contributed by atoms with Crippen molar-refractivity contribution < 1.29 is 24.5 Å². The number of carboxylic acids is 1. The lowest BCUT2D eigenvalue weighted by molar-refractivity contribution is -0.137. The van der Waals surface area contributed by atoms with Gasteiger partial charge in [-0.15, -0.1) is 0 Å². The van der Waals surface area contributed by atoms with Crippen molar-refractivity contribution in [2.24, 2.45) is 5.92 Å². The lowest BCUT2D eigenvalue weighted by atomic mass is 9.76. The molecule has 3 rings (SSSR count). The van der Waals surface area contributed by atoms with Crippen molar-refractivity contribution in [3.63, 3.8) is 0 Å². The van der Waals surface area contributed by atoms with Crippen LogP contribution >= 0.6 is 22.6 Å². The Labute approximate surface area is 185 Å². The van der Waals surface area contributed by atoms with Gasteiger partial charge in [-0.3, -0.25) is 4.79 Å². The van der Waals surface area contributed by atoms with E-state index in [0.717, 1.165) is 41.4 Å². The third-order valence-corrected chi connectivity index (χ3v) is 6.38. The van der Waals surface area contributed by atoms with Gasteiger partial charge in [-0.2, -0.15) is 0 Å². The monoisotopic (exact) mass is 512 g/mol. The van der Waals surface area contributed by atoms with Crippen molar-refractivity contribution in [2.45, 2.75) is 62.8 Å². The van der Waals surface area contributed by atoms with Crippen molar-refractivity contribution in [1.82, 2.24) is 0 Å². The van der Waals surface area contributed by atoms with E-state index >= 15 is 0 Å². The van der Waals surface area contributed by atoms with Gasteiger partial charge in [-0.05, 0) is 91.3 Å². The fourth-order valence-corrected chi connectivity index (χ4v) is 4.50. The second-order valence-electron chi connectivity index (χ2n) is 7.85. The van der Waals surface area contributed by atoms with Gasteiger partial charge >= 0.3 is 5.97 Å². The summed E-state index contributed by atoms with van der Waals surface area (Å²) in [6.45, 7) is 0.213. The van der Waals surface area contributed by atoms with Crippen LogP contribution in [0.2, 0.25) is 0 Å². The summed E-state index contributed by atoms with van der Waals surface area (Å²) in [5, 5.41) is 19.0. The number of unbranched alkanes of at least 4 members (excludes halogenated alkanes) is 1. The molecular weight excluding hydrogens is 483 g/mol. The minimum Gasteiger partial charge on any atom is -0.491 e. The Hall–Kier alpha value is -1.38. The molecule has 0 radical (unpaired) electrons. The van der Waals surface area contributed by atoms with Crippen molar-refractivity contribution in [3.05, 3.63) is 52.1 Å². The maximum atomic E-state index is 10.6. The number of aliphatic carboxylic acids is 1. The minimum absolute atomic E-state index is 0.213. The molecule has 1 aromatic carbocycles. The summed E-state index contributed by atoms with van der Waals surface area (Å²) in [7, 11) is 0. The molecule has 2 N–H and O–H groups in total. The molecular formula is C23H29IO5. The van der Waals surface area contributed by atoms with E-state index in [1.807, 2.05) is 36.4 Å². The lowest BCUT2D eigenvalue weighted by Gasteiger charge is -2.29. The molecule has 158 valence electrons. The second-order valence-corrected chi connectivity index (χ2v) is 9.10. The van der Waals surface area contributed by atoms with Gasteiger partial charge in [0, 0.05) is 9.99 Å². The van der Waals surface area contributed by atoms with Crippen LogP contribution in [-0.4, -0.2) is 40.6 Å². The Morgan fingerprint density at radius 3 is 2.86 bits per heavy atom. The molecule has 0 spiro atoms. The highest BCUT2D eigenvalue weighted by molar-refractivity contribution is 14.1. The summed E-state index contributed by atoms with van der Waals surface area (Å²) < 4.78 is 13.1. The van der Waals surface area contributed by atoms with Gasteiger partial charge in [0.05, 0.1) is 11.7 Å². The number of hydrogen-bond acceptors (Lipinski definition) is 4. The third-order valence-electron chi connectivity index (χ3n) is 5.67. The molecule has 1 aromatic rings. The number of rotatable bonds is 11.